The highest BCUT2D eigenvalue weighted by atomic mass is 16.5. The van der Waals surface area contributed by atoms with Crippen molar-refractivity contribution in [2.45, 2.75) is 38.8 Å². The summed E-state index contributed by atoms with van der Waals surface area (Å²) in [7, 11) is 4.09. The molecule has 1 heterocycles. The third-order valence-corrected chi connectivity index (χ3v) is 3.82. The zero-order valence-corrected chi connectivity index (χ0v) is 15.2. The van der Waals surface area contributed by atoms with Crippen molar-refractivity contribution in [2.75, 3.05) is 39.6 Å². The summed E-state index contributed by atoms with van der Waals surface area (Å²) in [6.45, 7) is 6.44. The van der Waals surface area contributed by atoms with Crippen LogP contribution in [-0.4, -0.2) is 59.0 Å². The molecule has 0 unspecified atom stereocenters. The van der Waals surface area contributed by atoms with Crippen LogP contribution in [0.2, 0.25) is 0 Å². The number of imidazole rings is 1. The van der Waals surface area contributed by atoms with E-state index in [-0.39, 0.29) is 0 Å². The van der Waals surface area contributed by atoms with Gasteiger partial charge in [0.15, 0.2) is 0 Å². The third-order valence-electron chi connectivity index (χ3n) is 3.82. The van der Waals surface area contributed by atoms with Gasteiger partial charge in [0, 0.05) is 13.2 Å². The van der Waals surface area contributed by atoms with Gasteiger partial charge in [0.2, 0.25) is 5.95 Å². The lowest BCUT2D eigenvalue weighted by atomic mass is 10.1. The highest BCUT2D eigenvalue weighted by Gasteiger charge is 2.18. The van der Waals surface area contributed by atoms with Crippen molar-refractivity contribution in [1.29, 1.82) is 0 Å². The molecule has 0 aliphatic rings. The SMILES string of the molecule is CN(C)CCOCCCc1ccc2c(c1)nc(N)n2CC(C)(C)O. The molecule has 3 N–H and O–H groups in total. The molecule has 0 bridgehead atoms. The van der Waals surface area contributed by atoms with Crippen LogP contribution in [-0.2, 0) is 17.7 Å². The van der Waals surface area contributed by atoms with Gasteiger partial charge in [0.1, 0.15) is 0 Å². The Morgan fingerprint density at radius 1 is 1.29 bits per heavy atom. The van der Waals surface area contributed by atoms with Crippen molar-refractivity contribution in [1.82, 2.24) is 14.5 Å². The molecule has 1 aromatic heterocycles. The Morgan fingerprint density at radius 2 is 2.04 bits per heavy atom. The van der Waals surface area contributed by atoms with E-state index < -0.39 is 5.60 Å². The first-order chi connectivity index (χ1) is 11.3. The molecule has 0 fully saturated rings. The minimum atomic E-state index is -0.829. The highest BCUT2D eigenvalue weighted by molar-refractivity contribution is 5.79. The zero-order valence-electron chi connectivity index (χ0n) is 15.2. The molecule has 6 nitrogen and oxygen atoms in total. The van der Waals surface area contributed by atoms with Crippen LogP contribution in [0.3, 0.4) is 0 Å². The van der Waals surface area contributed by atoms with E-state index in [0.717, 1.165) is 43.6 Å². The Bertz CT molecular complexity index is 659. The number of nitrogens with two attached hydrogens (primary N) is 1. The molecule has 2 rings (SSSR count). The largest absolute Gasteiger partial charge is 0.389 e. The fourth-order valence-corrected chi connectivity index (χ4v) is 2.63. The van der Waals surface area contributed by atoms with E-state index in [1.54, 1.807) is 13.8 Å². The van der Waals surface area contributed by atoms with Crippen LogP contribution >= 0.6 is 0 Å². The van der Waals surface area contributed by atoms with Gasteiger partial charge in [-0.2, -0.15) is 0 Å². The van der Waals surface area contributed by atoms with E-state index in [1.165, 1.54) is 5.56 Å². The molecule has 0 amide bonds. The summed E-state index contributed by atoms with van der Waals surface area (Å²) >= 11 is 0. The zero-order chi connectivity index (χ0) is 17.7. The Kier molecular flexibility index (Phi) is 6.21. The maximum Gasteiger partial charge on any atom is 0.201 e. The maximum absolute atomic E-state index is 10.0. The Labute approximate surface area is 144 Å². The number of hydrogen-bond donors (Lipinski definition) is 2. The number of hydrogen-bond acceptors (Lipinski definition) is 5. The van der Waals surface area contributed by atoms with Crippen molar-refractivity contribution in [3.8, 4) is 0 Å². The second kappa shape index (κ2) is 7.96. The first kappa shape index (κ1) is 18.7. The molecule has 2 aromatic rings. The molecule has 134 valence electrons. The van der Waals surface area contributed by atoms with Gasteiger partial charge in [0.05, 0.1) is 29.8 Å². The number of benzene rings is 1. The second-order valence-corrected chi connectivity index (χ2v) is 7.21. The van der Waals surface area contributed by atoms with Crippen molar-refractivity contribution >= 4 is 17.0 Å². The number of nitrogen functional groups attached to an aromatic ring is 1. The van der Waals surface area contributed by atoms with E-state index in [4.69, 9.17) is 10.5 Å². The molecule has 0 atom stereocenters. The molecule has 0 aliphatic heterocycles. The van der Waals surface area contributed by atoms with E-state index in [1.807, 2.05) is 24.7 Å². The average molecular weight is 334 g/mol. The van der Waals surface area contributed by atoms with Crippen molar-refractivity contribution < 1.29 is 9.84 Å². The first-order valence-corrected chi connectivity index (χ1v) is 8.46. The van der Waals surface area contributed by atoms with Crippen molar-refractivity contribution in [2.24, 2.45) is 0 Å². The normalized spacial score (nSPS) is 12.4. The fourth-order valence-electron chi connectivity index (χ4n) is 2.63. The minimum Gasteiger partial charge on any atom is -0.389 e. The van der Waals surface area contributed by atoms with Gasteiger partial charge >= 0.3 is 0 Å². The van der Waals surface area contributed by atoms with Gasteiger partial charge in [-0.25, -0.2) is 4.98 Å². The number of rotatable bonds is 9. The van der Waals surface area contributed by atoms with Gasteiger partial charge in [-0.1, -0.05) is 6.07 Å². The summed E-state index contributed by atoms with van der Waals surface area (Å²) in [6.07, 6.45) is 1.94. The number of nitrogens with zero attached hydrogens (tertiary/aromatic N) is 3. The summed E-state index contributed by atoms with van der Waals surface area (Å²) in [5.41, 5.74) is 8.24. The smallest absolute Gasteiger partial charge is 0.201 e. The topological polar surface area (TPSA) is 76.5 Å². The number of aryl methyl sites for hydroxylation is 1. The number of ether oxygens (including phenoxy) is 1. The minimum absolute atomic E-state index is 0.425. The predicted molar refractivity (Wildman–Crippen MR) is 98.1 cm³/mol. The van der Waals surface area contributed by atoms with Crippen LogP contribution in [0.15, 0.2) is 18.2 Å². The highest BCUT2D eigenvalue weighted by Crippen LogP contribution is 2.22. The van der Waals surface area contributed by atoms with Crippen molar-refractivity contribution in [3.63, 3.8) is 0 Å². The van der Waals surface area contributed by atoms with Gasteiger partial charge in [-0.3, -0.25) is 0 Å². The lowest BCUT2D eigenvalue weighted by molar-refractivity contribution is 0.0633. The summed E-state index contributed by atoms with van der Waals surface area (Å²) in [6, 6.07) is 6.21. The predicted octanol–water partition coefficient (Wildman–Crippen LogP) is 1.90. The lowest BCUT2D eigenvalue weighted by Crippen LogP contribution is -2.26. The van der Waals surface area contributed by atoms with Gasteiger partial charge in [-0.05, 0) is 58.5 Å². The van der Waals surface area contributed by atoms with Crippen LogP contribution in [0.1, 0.15) is 25.8 Å². The van der Waals surface area contributed by atoms with Crippen LogP contribution in [0.5, 0.6) is 0 Å². The number of likely N-dealkylation sites (N-methyl/N-ethyl adjacent to an activating group) is 1. The summed E-state index contributed by atoms with van der Waals surface area (Å²) < 4.78 is 7.49. The van der Waals surface area contributed by atoms with E-state index in [2.05, 4.69) is 22.0 Å². The Balaban J connectivity index is 1.94. The van der Waals surface area contributed by atoms with E-state index in [0.29, 0.717) is 12.5 Å². The van der Waals surface area contributed by atoms with Crippen LogP contribution in [0.25, 0.3) is 11.0 Å². The maximum atomic E-state index is 10.0. The first-order valence-electron chi connectivity index (χ1n) is 8.46. The number of fused-ring (bicyclic) bond motifs is 1. The molecular formula is C18H30N4O2. The molecule has 0 saturated heterocycles. The molecular weight excluding hydrogens is 304 g/mol. The average Bonchev–Trinajstić information content (AvgIpc) is 2.76. The van der Waals surface area contributed by atoms with Gasteiger partial charge in [-0.15, -0.1) is 0 Å². The molecule has 0 aliphatic carbocycles. The summed E-state index contributed by atoms with van der Waals surface area (Å²) in [5.74, 6) is 0.441. The number of anilines is 1. The molecule has 0 spiro atoms. The fraction of sp³-hybridized carbons (Fsp3) is 0.611. The molecule has 6 heteroatoms. The molecule has 0 radical (unpaired) electrons. The Hall–Kier alpha value is -1.63. The number of aromatic nitrogens is 2. The van der Waals surface area contributed by atoms with E-state index >= 15 is 0 Å². The van der Waals surface area contributed by atoms with E-state index in [9.17, 15) is 5.11 Å². The van der Waals surface area contributed by atoms with Gasteiger partial charge < -0.3 is 25.0 Å². The quantitative estimate of drug-likeness (QED) is 0.685. The van der Waals surface area contributed by atoms with Crippen LogP contribution < -0.4 is 5.73 Å². The molecule has 1 aromatic carbocycles. The third kappa shape index (κ3) is 5.47. The van der Waals surface area contributed by atoms with Gasteiger partial charge in [0.25, 0.3) is 0 Å². The monoisotopic (exact) mass is 334 g/mol. The summed E-state index contributed by atoms with van der Waals surface area (Å²) in [4.78, 5) is 6.54. The van der Waals surface area contributed by atoms with Crippen LogP contribution in [0.4, 0.5) is 5.95 Å². The number of aliphatic hydroxyl groups is 1. The summed E-state index contributed by atoms with van der Waals surface area (Å²) in [5, 5.41) is 10.0. The Morgan fingerprint density at radius 3 is 2.71 bits per heavy atom. The standard InChI is InChI=1S/C18H30N4O2/c1-18(2,23)13-22-16-8-7-14(12-15(16)20-17(22)19)6-5-10-24-11-9-21(3)4/h7-8,12,23H,5-6,9-11,13H2,1-4H3,(H2,19,20). The molecule has 0 saturated carbocycles. The lowest BCUT2D eigenvalue weighted by Gasteiger charge is -2.19. The van der Waals surface area contributed by atoms with Crippen molar-refractivity contribution in [3.05, 3.63) is 23.8 Å². The second-order valence-electron chi connectivity index (χ2n) is 7.21. The van der Waals surface area contributed by atoms with Crippen LogP contribution in [0, 0.1) is 0 Å². The molecule has 24 heavy (non-hydrogen) atoms.